The summed E-state index contributed by atoms with van der Waals surface area (Å²) in [7, 11) is 0. The minimum absolute atomic E-state index is 0.0420. The molecule has 0 radical (unpaired) electrons. The van der Waals surface area contributed by atoms with E-state index in [2.05, 4.69) is 15.2 Å². The lowest BCUT2D eigenvalue weighted by Crippen LogP contribution is -2.48. The molecule has 1 aromatic carbocycles. The van der Waals surface area contributed by atoms with E-state index in [4.69, 9.17) is 0 Å². The molecule has 1 amide bonds. The van der Waals surface area contributed by atoms with Gasteiger partial charge in [0.25, 0.3) is 5.91 Å². The Morgan fingerprint density at radius 3 is 2.71 bits per heavy atom. The first-order valence-electron chi connectivity index (χ1n) is 7.72. The van der Waals surface area contributed by atoms with E-state index in [-0.39, 0.29) is 17.6 Å². The summed E-state index contributed by atoms with van der Waals surface area (Å²) in [4.78, 5) is 18.6. The summed E-state index contributed by atoms with van der Waals surface area (Å²) in [5.74, 6) is -0.288. The van der Waals surface area contributed by atoms with Crippen molar-refractivity contribution in [1.82, 2.24) is 20.1 Å². The normalized spacial score (nSPS) is 14.5. The largest absolute Gasteiger partial charge is 0.337 e. The molecule has 1 aliphatic rings. The van der Waals surface area contributed by atoms with Gasteiger partial charge in [-0.2, -0.15) is 5.10 Å². The molecule has 0 atom stereocenters. The van der Waals surface area contributed by atoms with E-state index < -0.39 is 0 Å². The Morgan fingerprint density at radius 1 is 1.17 bits per heavy atom. The van der Waals surface area contributed by atoms with Crippen LogP contribution in [0.3, 0.4) is 0 Å². The van der Waals surface area contributed by atoms with Crippen molar-refractivity contribution in [3.63, 3.8) is 0 Å². The molecular formula is C18H15FN4O. The molecule has 3 aromatic rings. The molecule has 1 fully saturated rings. The van der Waals surface area contributed by atoms with Crippen molar-refractivity contribution in [3.8, 4) is 11.4 Å². The average Bonchev–Trinajstić information content (AvgIpc) is 3.05. The van der Waals surface area contributed by atoms with Crippen LogP contribution in [0.2, 0.25) is 0 Å². The van der Waals surface area contributed by atoms with Crippen LogP contribution in [0.25, 0.3) is 11.4 Å². The van der Waals surface area contributed by atoms with Crippen LogP contribution < -0.4 is 0 Å². The van der Waals surface area contributed by atoms with Crippen molar-refractivity contribution in [2.45, 2.75) is 5.92 Å². The Hall–Kier alpha value is -3.02. The van der Waals surface area contributed by atoms with Crippen LogP contribution in [0.5, 0.6) is 0 Å². The second kappa shape index (κ2) is 5.88. The molecule has 0 unspecified atom stereocenters. The van der Waals surface area contributed by atoms with Crippen molar-refractivity contribution in [3.05, 3.63) is 71.8 Å². The van der Waals surface area contributed by atoms with Gasteiger partial charge in [0.15, 0.2) is 0 Å². The van der Waals surface area contributed by atoms with Gasteiger partial charge in [-0.05, 0) is 23.8 Å². The Labute approximate surface area is 138 Å². The summed E-state index contributed by atoms with van der Waals surface area (Å²) >= 11 is 0. The number of amides is 1. The number of nitrogens with zero attached hydrogens (tertiary/aromatic N) is 3. The topological polar surface area (TPSA) is 61.9 Å². The maximum atomic E-state index is 13.8. The van der Waals surface area contributed by atoms with Crippen molar-refractivity contribution in [1.29, 1.82) is 0 Å². The molecule has 0 aliphatic carbocycles. The summed E-state index contributed by atoms with van der Waals surface area (Å²) in [5, 5.41) is 6.82. The standard InChI is InChI=1S/C18H15FN4O/c19-15-6-2-1-5-13(15)12-10-23(11-12)18(24)14-9-21-22-17(14)16-7-3-4-8-20-16/h1-9,12H,10-11H2,(H,21,22). The Balaban J connectivity index is 1.51. The van der Waals surface area contributed by atoms with Gasteiger partial charge in [0.05, 0.1) is 23.1 Å². The van der Waals surface area contributed by atoms with Gasteiger partial charge >= 0.3 is 0 Å². The molecule has 1 aliphatic heterocycles. The van der Waals surface area contributed by atoms with Crippen LogP contribution in [-0.2, 0) is 0 Å². The predicted octanol–water partition coefficient (Wildman–Crippen LogP) is 2.85. The predicted molar refractivity (Wildman–Crippen MR) is 86.9 cm³/mol. The number of halogens is 1. The molecule has 5 nitrogen and oxygen atoms in total. The first-order chi connectivity index (χ1) is 11.7. The molecule has 0 bridgehead atoms. The quantitative estimate of drug-likeness (QED) is 0.806. The molecule has 0 saturated carbocycles. The zero-order chi connectivity index (χ0) is 16.5. The third-order valence-electron chi connectivity index (χ3n) is 4.30. The number of nitrogens with one attached hydrogen (secondary N) is 1. The number of hydrogen-bond donors (Lipinski definition) is 1. The minimum Gasteiger partial charge on any atom is -0.337 e. The number of carbonyl (C=O) groups excluding carboxylic acids is 1. The van der Waals surface area contributed by atoms with E-state index >= 15 is 0 Å². The highest BCUT2D eigenvalue weighted by molar-refractivity contribution is 5.99. The number of likely N-dealkylation sites (tertiary alicyclic amines) is 1. The van der Waals surface area contributed by atoms with Gasteiger partial charge in [0.1, 0.15) is 5.82 Å². The van der Waals surface area contributed by atoms with Gasteiger partial charge in [-0.1, -0.05) is 24.3 Å². The number of carbonyl (C=O) groups is 1. The first kappa shape index (κ1) is 14.6. The van der Waals surface area contributed by atoms with Crippen molar-refractivity contribution < 1.29 is 9.18 Å². The fourth-order valence-corrected chi connectivity index (χ4v) is 2.97. The highest BCUT2D eigenvalue weighted by atomic mass is 19.1. The molecule has 3 heterocycles. The van der Waals surface area contributed by atoms with Crippen LogP contribution in [-0.4, -0.2) is 39.1 Å². The van der Waals surface area contributed by atoms with Crippen LogP contribution in [0.4, 0.5) is 4.39 Å². The van der Waals surface area contributed by atoms with Gasteiger partial charge in [-0.15, -0.1) is 0 Å². The monoisotopic (exact) mass is 322 g/mol. The van der Waals surface area contributed by atoms with Crippen LogP contribution in [0, 0.1) is 5.82 Å². The highest BCUT2D eigenvalue weighted by Crippen LogP contribution is 2.31. The smallest absolute Gasteiger partial charge is 0.257 e. The number of hydrogen-bond acceptors (Lipinski definition) is 3. The highest BCUT2D eigenvalue weighted by Gasteiger charge is 2.35. The fourth-order valence-electron chi connectivity index (χ4n) is 2.97. The number of aromatic amines is 1. The van der Waals surface area contributed by atoms with Gasteiger partial charge in [0, 0.05) is 25.2 Å². The zero-order valence-corrected chi connectivity index (χ0v) is 12.8. The summed E-state index contributed by atoms with van der Waals surface area (Å²) < 4.78 is 13.8. The summed E-state index contributed by atoms with van der Waals surface area (Å²) in [6.45, 7) is 1.01. The van der Waals surface area contributed by atoms with E-state index in [1.54, 1.807) is 23.2 Å². The third-order valence-corrected chi connectivity index (χ3v) is 4.30. The van der Waals surface area contributed by atoms with E-state index in [0.29, 0.717) is 35.6 Å². The van der Waals surface area contributed by atoms with Crippen LogP contribution >= 0.6 is 0 Å². The Kier molecular flexibility index (Phi) is 3.57. The number of rotatable bonds is 3. The van der Waals surface area contributed by atoms with Crippen molar-refractivity contribution in [2.24, 2.45) is 0 Å². The lowest BCUT2D eigenvalue weighted by Gasteiger charge is -2.39. The van der Waals surface area contributed by atoms with E-state index in [1.807, 2.05) is 24.3 Å². The third kappa shape index (κ3) is 2.46. The van der Waals surface area contributed by atoms with Crippen LogP contribution in [0.1, 0.15) is 21.8 Å². The number of benzene rings is 1. The second-order valence-electron chi connectivity index (χ2n) is 5.80. The summed E-state index contributed by atoms with van der Waals surface area (Å²) in [6.07, 6.45) is 3.19. The van der Waals surface area contributed by atoms with Crippen LogP contribution in [0.15, 0.2) is 54.9 Å². The Bertz CT molecular complexity index is 871. The molecule has 24 heavy (non-hydrogen) atoms. The molecule has 0 spiro atoms. The minimum atomic E-state index is -0.216. The molecule has 1 N–H and O–H groups in total. The SMILES string of the molecule is O=C(c1cn[nH]c1-c1ccccn1)N1CC(c2ccccc2F)C1. The maximum Gasteiger partial charge on any atom is 0.257 e. The van der Waals surface area contributed by atoms with Gasteiger partial charge in [0.2, 0.25) is 0 Å². The number of H-pyrrole nitrogens is 1. The average molecular weight is 322 g/mol. The second-order valence-corrected chi connectivity index (χ2v) is 5.80. The molecular weight excluding hydrogens is 307 g/mol. The van der Waals surface area contributed by atoms with Crippen molar-refractivity contribution >= 4 is 5.91 Å². The van der Waals surface area contributed by atoms with E-state index in [0.717, 1.165) is 0 Å². The number of aromatic nitrogens is 3. The molecule has 1 saturated heterocycles. The first-order valence-corrected chi connectivity index (χ1v) is 7.72. The van der Waals surface area contributed by atoms with E-state index in [1.165, 1.54) is 12.3 Å². The molecule has 120 valence electrons. The molecule has 2 aromatic heterocycles. The fraction of sp³-hybridized carbons (Fsp3) is 0.167. The van der Waals surface area contributed by atoms with Gasteiger partial charge in [-0.3, -0.25) is 14.9 Å². The maximum absolute atomic E-state index is 13.8. The van der Waals surface area contributed by atoms with E-state index in [9.17, 15) is 9.18 Å². The number of pyridine rings is 1. The van der Waals surface area contributed by atoms with Gasteiger partial charge < -0.3 is 4.90 Å². The zero-order valence-electron chi connectivity index (χ0n) is 12.8. The summed E-state index contributed by atoms with van der Waals surface area (Å²) in [5.41, 5.74) is 2.43. The van der Waals surface area contributed by atoms with Gasteiger partial charge in [-0.25, -0.2) is 4.39 Å². The molecule has 4 rings (SSSR count). The lowest BCUT2D eigenvalue weighted by molar-refractivity contribution is 0.0600. The molecule has 6 heteroatoms. The van der Waals surface area contributed by atoms with Crippen molar-refractivity contribution in [2.75, 3.05) is 13.1 Å². The Morgan fingerprint density at radius 2 is 1.96 bits per heavy atom. The summed E-state index contributed by atoms with van der Waals surface area (Å²) in [6, 6.07) is 12.2. The lowest BCUT2D eigenvalue weighted by atomic mass is 9.90.